The van der Waals surface area contributed by atoms with Crippen molar-refractivity contribution in [3.05, 3.63) is 23.8 Å². The van der Waals surface area contributed by atoms with Crippen molar-refractivity contribution >= 4 is 21.9 Å². The molecule has 0 radical (unpaired) electrons. The van der Waals surface area contributed by atoms with Gasteiger partial charge in [0.2, 0.25) is 11.8 Å². The number of nitrogens with one attached hydrogen (secondary N) is 1. The molecule has 2 rings (SSSR count). The summed E-state index contributed by atoms with van der Waals surface area (Å²) < 4.78 is 26.7. The Balaban J connectivity index is 2.23. The normalized spacial score (nSPS) is 19.8. The molecule has 1 unspecified atom stereocenters. The molecule has 8 nitrogen and oxygen atoms in total. The van der Waals surface area contributed by atoms with Crippen LogP contribution in [-0.2, 0) is 30.5 Å². The van der Waals surface area contributed by atoms with Gasteiger partial charge in [-0.1, -0.05) is 0 Å². The molecule has 1 aliphatic heterocycles. The number of hydrogen-bond acceptors (Lipinski definition) is 7. The molecule has 2 amide bonds. The monoisotopic (exact) mass is 299 g/mol. The van der Waals surface area contributed by atoms with Crippen LogP contribution < -0.4 is 5.32 Å². The number of rotatable bonds is 4. The molecule has 9 heteroatoms. The van der Waals surface area contributed by atoms with E-state index in [9.17, 15) is 18.0 Å². The molecule has 108 valence electrons. The van der Waals surface area contributed by atoms with Gasteiger partial charge in [-0.05, 0) is 6.42 Å². The van der Waals surface area contributed by atoms with E-state index >= 15 is 0 Å². The number of aromatic nitrogens is 2. The number of nitrogens with zero attached hydrogens (tertiary/aromatic N) is 2. The zero-order valence-electron chi connectivity index (χ0n) is 10.7. The van der Waals surface area contributed by atoms with Crippen molar-refractivity contribution in [2.24, 2.45) is 0 Å². The molecule has 0 saturated carbocycles. The van der Waals surface area contributed by atoms with E-state index in [1.54, 1.807) is 0 Å². The Morgan fingerprint density at radius 3 is 2.85 bits per heavy atom. The predicted octanol–water partition coefficient (Wildman–Crippen LogP) is -0.527. The Morgan fingerprint density at radius 2 is 2.20 bits per heavy atom. The fourth-order valence-electron chi connectivity index (χ4n) is 1.92. The number of carbonyl (C=O) groups excluding carboxylic acids is 2. The molecule has 2 heterocycles. The number of amides is 2. The molecule has 1 saturated heterocycles. The predicted molar refractivity (Wildman–Crippen MR) is 66.8 cm³/mol. The third-order valence-corrected chi connectivity index (χ3v) is 3.37. The summed E-state index contributed by atoms with van der Waals surface area (Å²) in [6.07, 6.45) is 4.14. The maximum atomic E-state index is 11.8. The third-order valence-electron chi connectivity index (χ3n) is 2.82. The lowest BCUT2D eigenvalue weighted by atomic mass is 9.92. The topological polar surface area (TPSA) is 115 Å². The highest BCUT2D eigenvalue weighted by molar-refractivity contribution is 7.85. The van der Waals surface area contributed by atoms with E-state index in [1.165, 1.54) is 12.5 Å². The molecule has 20 heavy (non-hydrogen) atoms. The van der Waals surface area contributed by atoms with Crippen molar-refractivity contribution in [3.8, 4) is 0 Å². The zero-order chi connectivity index (χ0) is 14.8. The molecule has 0 aromatic carbocycles. The summed E-state index contributed by atoms with van der Waals surface area (Å²) >= 11 is 0. The summed E-state index contributed by atoms with van der Waals surface area (Å²) in [5, 5.41) is 2.23. The van der Waals surface area contributed by atoms with Crippen molar-refractivity contribution in [3.63, 3.8) is 0 Å². The van der Waals surface area contributed by atoms with Gasteiger partial charge in [-0.15, -0.1) is 0 Å². The van der Waals surface area contributed by atoms with Crippen LogP contribution in [0.1, 0.15) is 30.0 Å². The van der Waals surface area contributed by atoms with E-state index in [1.807, 2.05) is 0 Å². The van der Waals surface area contributed by atoms with Crippen molar-refractivity contribution < 1.29 is 22.2 Å². The number of imide groups is 1. The van der Waals surface area contributed by atoms with Gasteiger partial charge in [0.05, 0.1) is 24.5 Å². The van der Waals surface area contributed by atoms with Gasteiger partial charge in [-0.2, -0.15) is 8.42 Å². The number of hydrogen-bond donors (Lipinski definition) is 1. The minimum absolute atomic E-state index is 0.215. The molecule has 1 N–H and O–H groups in total. The van der Waals surface area contributed by atoms with Gasteiger partial charge in [0.15, 0.2) is 0 Å². The summed E-state index contributed by atoms with van der Waals surface area (Å²) in [5.74, 6) is -1.37. The van der Waals surface area contributed by atoms with Crippen molar-refractivity contribution in [2.75, 3.05) is 6.26 Å². The maximum Gasteiger partial charge on any atom is 0.264 e. The molecule has 0 spiro atoms. The van der Waals surface area contributed by atoms with Crippen LogP contribution >= 0.6 is 0 Å². The highest BCUT2D eigenvalue weighted by atomic mass is 32.2. The smallest absolute Gasteiger partial charge is 0.264 e. The second kappa shape index (κ2) is 5.63. The van der Waals surface area contributed by atoms with Crippen LogP contribution in [0.25, 0.3) is 0 Å². The Hall–Kier alpha value is -1.87. The van der Waals surface area contributed by atoms with Crippen LogP contribution in [0.4, 0.5) is 0 Å². The second-order valence-corrected chi connectivity index (χ2v) is 6.05. The molecule has 0 aliphatic carbocycles. The van der Waals surface area contributed by atoms with Crippen LogP contribution in [0.3, 0.4) is 0 Å². The van der Waals surface area contributed by atoms with Crippen molar-refractivity contribution in [1.82, 2.24) is 15.3 Å². The minimum Gasteiger partial charge on any atom is -0.296 e. The lowest BCUT2D eigenvalue weighted by Gasteiger charge is -2.21. The molecule has 1 aliphatic rings. The first-order valence-corrected chi connectivity index (χ1v) is 7.65. The summed E-state index contributed by atoms with van der Waals surface area (Å²) in [4.78, 5) is 30.7. The molecule has 1 aromatic rings. The van der Waals surface area contributed by atoms with Gasteiger partial charge >= 0.3 is 0 Å². The van der Waals surface area contributed by atoms with Crippen molar-refractivity contribution in [2.45, 2.75) is 25.4 Å². The Morgan fingerprint density at radius 1 is 1.45 bits per heavy atom. The SMILES string of the molecule is CS(=O)(=O)OCc1cncnc1C1CCC(=O)NC1=O. The van der Waals surface area contributed by atoms with E-state index in [-0.39, 0.29) is 18.9 Å². The summed E-state index contributed by atoms with van der Waals surface area (Å²) in [6, 6.07) is 0. The van der Waals surface area contributed by atoms with Crippen LogP contribution in [0.15, 0.2) is 12.5 Å². The van der Waals surface area contributed by atoms with Crippen LogP contribution in [0.5, 0.6) is 0 Å². The summed E-state index contributed by atoms with van der Waals surface area (Å²) in [7, 11) is -3.60. The fraction of sp³-hybridized carbons (Fsp3) is 0.455. The van der Waals surface area contributed by atoms with Gasteiger partial charge in [0.1, 0.15) is 6.33 Å². The van der Waals surface area contributed by atoms with Crippen LogP contribution in [0.2, 0.25) is 0 Å². The van der Waals surface area contributed by atoms with Crippen molar-refractivity contribution in [1.29, 1.82) is 0 Å². The number of carbonyl (C=O) groups is 2. The fourth-order valence-corrected chi connectivity index (χ4v) is 2.26. The molecular weight excluding hydrogens is 286 g/mol. The first-order valence-electron chi connectivity index (χ1n) is 5.83. The quantitative estimate of drug-likeness (QED) is 0.587. The molecule has 1 atom stereocenters. The molecular formula is C11H13N3O5S. The highest BCUT2D eigenvalue weighted by Gasteiger charge is 2.30. The average Bonchev–Trinajstić information content (AvgIpc) is 2.36. The Bertz CT molecular complexity index is 643. The van der Waals surface area contributed by atoms with Gasteiger partial charge in [-0.25, -0.2) is 9.97 Å². The average molecular weight is 299 g/mol. The highest BCUT2D eigenvalue weighted by Crippen LogP contribution is 2.25. The van der Waals surface area contributed by atoms with E-state index in [4.69, 9.17) is 4.18 Å². The summed E-state index contributed by atoms with van der Waals surface area (Å²) in [5.41, 5.74) is 0.793. The third kappa shape index (κ3) is 3.58. The van der Waals surface area contributed by atoms with Gasteiger partial charge in [0, 0.05) is 18.2 Å². The van der Waals surface area contributed by atoms with E-state index in [0.717, 1.165) is 6.26 Å². The number of piperidine rings is 1. The lowest BCUT2D eigenvalue weighted by molar-refractivity contribution is -0.134. The zero-order valence-corrected chi connectivity index (χ0v) is 11.5. The van der Waals surface area contributed by atoms with Crippen LogP contribution in [-0.4, -0.2) is 36.5 Å². The minimum atomic E-state index is -3.60. The molecule has 1 fully saturated rings. The Kier molecular flexibility index (Phi) is 4.09. The molecule has 1 aromatic heterocycles. The molecule has 0 bridgehead atoms. The summed E-state index contributed by atoms with van der Waals surface area (Å²) in [6.45, 7) is -0.243. The van der Waals surface area contributed by atoms with E-state index in [2.05, 4.69) is 15.3 Å². The largest absolute Gasteiger partial charge is 0.296 e. The second-order valence-electron chi connectivity index (χ2n) is 4.40. The van der Waals surface area contributed by atoms with E-state index in [0.29, 0.717) is 17.7 Å². The van der Waals surface area contributed by atoms with Gasteiger partial charge < -0.3 is 0 Å². The van der Waals surface area contributed by atoms with Gasteiger partial charge in [0.25, 0.3) is 10.1 Å². The standard InChI is InChI=1S/C11H13N3O5S/c1-20(17,18)19-5-7-4-12-6-13-10(7)8-2-3-9(15)14-11(8)16/h4,6,8H,2-3,5H2,1H3,(H,14,15,16). The Labute approximate surface area is 115 Å². The maximum absolute atomic E-state index is 11.8. The van der Waals surface area contributed by atoms with Gasteiger partial charge in [-0.3, -0.25) is 19.1 Å². The first-order chi connectivity index (χ1) is 9.37. The first kappa shape index (κ1) is 14.5. The van der Waals surface area contributed by atoms with E-state index < -0.39 is 21.9 Å². The van der Waals surface area contributed by atoms with Crippen LogP contribution in [0, 0.1) is 0 Å². The lowest BCUT2D eigenvalue weighted by Crippen LogP contribution is -2.40.